The van der Waals surface area contributed by atoms with Crippen molar-refractivity contribution in [2.24, 2.45) is 0 Å². The number of anilines is 1. The van der Waals surface area contributed by atoms with E-state index in [0.717, 1.165) is 6.42 Å². The maximum absolute atomic E-state index is 12.8. The number of hydrogen-bond donors (Lipinski definition) is 0. The third-order valence-electron chi connectivity index (χ3n) is 4.23. The number of nitro groups is 1. The van der Waals surface area contributed by atoms with Crippen molar-refractivity contribution < 1.29 is 24.0 Å². The molecule has 9 nitrogen and oxygen atoms in total. The van der Waals surface area contributed by atoms with Gasteiger partial charge in [0.15, 0.2) is 12.7 Å². The topological polar surface area (TPSA) is 112 Å². The normalized spacial score (nSPS) is 14.1. The van der Waals surface area contributed by atoms with Crippen LogP contribution < -0.4 is 14.4 Å². The van der Waals surface area contributed by atoms with Crippen LogP contribution in [-0.4, -0.2) is 40.9 Å². The number of carbonyl (C=O) groups excluding carboxylic acids is 2. The smallest absolute Gasteiger partial charge is 0.406 e. The van der Waals surface area contributed by atoms with Crippen molar-refractivity contribution in [3.05, 3.63) is 52.2 Å². The van der Waals surface area contributed by atoms with Crippen molar-refractivity contribution in [1.82, 2.24) is 4.98 Å². The van der Waals surface area contributed by atoms with Gasteiger partial charge in [0.25, 0.3) is 5.91 Å². The number of Topliss-reactive ketones (excluding diaryl/α,β-unsaturated/α-hetero) is 1. The molecule has 28 heavy (non-hydrogen) atoms. The molecule has 2 aromatic rings. The van der Waals surface area contributed by atoms with Crippen LogP contribution in [0.4, 0.5) is 11.5 Å². The molecule has 1 aliphatic rings. The first-order valence-electron chi connectivity index (χ1n) is 8.79. The Kier molecular flexibility index (Phi) is 5.53. The van der Waals surface area contributed by atoms with Gasteiger partial charge in [-0.25, -0.2) is 0 Å². The summed E-state index contributed by atoms with van der Waals surface area (Å²) in [5.74, 6) is -0.566. The molecule has 1 aromatic heterocycles. The molecule has 1 amide bonds. The van der Waals surface area contributed by atoms with Crippen molar-refractivity contribution in [2.45, 2.75) is 26.4 Å². The first-order chi connectivity index (χ1) is 13.4. The van der Waals surface area contributed by atoms with Gasteiger partial charge in [-0.15, -0.1) is 0 Å². The van der Waals surface area contributed by atoms with Gasteiger partial charge in [0, 0.05) is 12.1 Å². The fourth-order valence-electron chi connectivity index (χ4n) is 2.91. The molecule has 0 N–H and O–H groups in total. The molecule has 146 valence electrons. The summed E-state index contributed by atoms with van der Waals surface area (Å²) in [7, 11) is 0. The van der Waals surface area contributed by atoms with E-state index in [1.165, 1.54) is 25.3 Å². The highest BCUT2D eigenvalue weighted by atomic mass is 16.6. The molecular formula is C19H19N3O6. The predicted octanol–water partition coefficient (Wildman–Crippen LogP) is 2.78. The van der Waals surface area contributed by atoms with Crippen LogP contribution in [0.25, 0.3) is 0 Å². The zero-order chi connectivity index (χ0) is 20.3. The molecule has 0 spiro atoms. The molecule has 0 aliphatic carbocycles. The predicted molar refractivity (Wildman–Crippen MR) is 99.9 cm³/mol. The average Bonchev–Trinajstić information content (AvgIpc) is 2.69. The van der Waals surface area contributed by atoms with Crippen molar-refractivity contribution in [3.8, 4) is 11.5 Å². The van der Waals surface area contributed by atoms with Gasteiger partial charge in [-0.1, -0.05) is 6.92 Å². The number of fused-ring (bicyclic) bond motifs is 1. The van der Waals surface area contributed by atoms with Crippen LogP contribution in [0.5, 0.6) is 11.5 Å². The van der Waals surface area contributed by atoms with Gasteiger partial charge in [-0.3, -0.25) is 9.59 Å². The molecule has 0 saturated carbocycles. The highest BCUT2D eigenvalue weighted by Crippen LogP contribution is 2.34. The lowest BCUT2D eigenvalue weighted by molar-refractivity contribution is -0.390. The van der Waals surface area contributed by atoms with E-state index in [-0.39, 0.29) is 24.0 Å². The van der Waals surface area contributed by atoms with E-state index in [1.54, 1.807) is 23.1 Å². The lowest BCUT2D eigenvalue weighted by Gasteiger charge is -2.29. The van der Waals surface area contributed by atoms with E-state index in [0.29, 0.717) is 23.5 Å². The maximum Gasteiger partial charge on any atom is 0.406 e. The summed E-state index contributed by atoms with van der Waals surface area (Å²) in [6.07, 6.45) is 1.05. The van der Waals surface area contributed by atoms with Crippen LogP contribution in [0.15, 0.2) is 36.5 Å². The number of nitrogens with zero attached hydrogens (tertiary/aromatic N) is 3. The Balaban J connectivity index is 1.85. The summed E-state index contributed by atoms with van der Waals surface area (Å²) >= 11 is 0. The summed E-state index contributed by atoms with van der Waals surface area (Å²) in [6, 6.07) is 7.68. The van der Waals surface area contributed by atoms with Gasteiger partial charge in [0.2, 0.25) is 11.5 Å². The number of ketones is 1. The summed E-state index contributed by atoms with van der Waals surface area (Å²) < 4.78 is 10.9. The lowest BCUT2D eigenvalue weighted by atomic mass is 10.0. The number of amides is 1. The summed E-state index contributed by atoms with van der Waals surface area (Å²) in [4.78, 5) is 40.6. The molecule has 0 saturated heterocycles. The standard InChI is InChI=1S/C19H19N3O6/c1-3-9-21-14-10-13(6-7-15(14)27-11-17(21)23)18(24)12(2)28-16-5-4-8-20-19(16)22(25)26/h4-8,10,12H,3,9,11H2,1-2H3. The number of aromatic nitrogens is 1. The quantitative estimate of drug-likeness (QED) is 0.409. The monoisotopic (exact) mass is 385 g/mol. The van der Waals surface area contributed by atoms with Crippen LogP contribution in [0.1, 0.15) is 30.6 Å². The molecule has 1 atom stereocenters. The first kappa shape index (κ1) is 19.3. The fourth-order valence-corrected chi connectivity index (χ4v) is 2.91. The third kappa shape index (κ3) is 3.78. The number of hydrogen-bond acceptors (Lipinski definition) is 7. The van der Waals surface area contributed by atoms with E-state index in [9.17, 15) is 19.7 Å². The molecule has 0 fully saturated rings. The lowest BCUT2D eigenvalue weighted by Crippen LogP contribution is -2.39. The molecule has 0 bridgehead atoms. The highest BCUT2D eigenvalue weighted by molar-refractivity contribution is 6.03. The van der Waals surface area contributed by atoms with Gasteiger partial charge in [0.1, 0.15) is 11.9 Å². The second-order valence-electron chi connectivity index (χ2n) is 6.22. The Bertz CT molecular complexity index is 930. The molecule has 1 unspecified atom stereocenters. The number of ether oxygens (including phenoxy) is 2. The van der Waals surface area contributed by atoms with Crippen LogP contribution in [0, 0.1) is 10.1 Å². The zero-order valence-electron chi connectivity index (χ0n) is 15.5. The molecule has 2 heterocycles. The largest absolute Gasteiger partial charge is 0.482 e. The molecular weight excluding hydrogens is 366 g/mol. The van der Waals surface area contributed by atoms with Gasteiger partial charge in [-0.2, -0.15) is 0 Å². The molecule has 9 heteroatoms. The van der Waals surface area contributed by atoms with Gasteiger partial charge >= 0.3 is 5.82 Å². The highest BCUT2D eigenvalue weighted by Gasteiger charge is 2.28. The van der Waals surface area contributed by atoms with E-state index < -0.39 is 16.8 Å². The Hall–Kier alpha value is -3.49. The van der Waals surface area contributed by atoms with Crippen LogP contribution in [0.3, 0.4) is 0 Å². The number of pyridine rings is 1. The minimum atomic E-state index is -0.985. The molecule has 0 radical (unpaired) electrons. The minimum absolute atomic E-state index is 0.0372. The molecule has 1 aromatic carbocycles. The Morgan fingerprint density at radius 2 is 2.21 bits per heavy atom. The Labute approximate surface area is 161 Å². The maximum atomic E-state index is 12.8. The van der Waals surface area contributed by atoms with Gasteiger partial charge < -0.3 is 24.5 Å². The number of benzene rings is 1. The van der Waals surface area contributed by atoms with E-state index in [4.69, 9.17) is 9.47 Å². The van der Waals surface area contributed by atoms with Gasteiger partial charge in [0.05, 0.1) is 5.69 Å². The van der Waals surface area contributed by atoms with Crippen molar-refractivity contribution >= 4 is 23.2 Å². The second kappa shape index (κ2) is 8.03. The van der Waals surface area contributed by atoms with Crippen LogP contribution >= 0.6 is 0 Å². The fraction of sp³-hybridized carbons (Fsp3) is 0.316. The summed E-state index contributed by atoms with van der Waals surface area (Å²) in [5.41, 5.74) is 0.848. The Morgan fingerprint density at radius 1 is 1.43 bits per heavy atom. The molecule has 3 rings (SSSR count). The van der Waals surface area contributed by atoms with Crippen molar-refractivity contribution in [1.29, 1.82) is 0 Å². The van der Waals surface area contributed by atoms with Crippen LogP contribution in [0.2, 0.25) is 0 Å². The van der Waals surface area contributed by atoms with E-state index in [2.05, 4.69) is 4.98 Å². The van der Waals surface area contributed by atoms with Crippen LogP contribution in [-0.2, 0) is 4.79 Å². The van der Waals surface area contributed by atoms with Crippen molar-refractivity contribution in [2.75, 3.05) is 18.1 Å². The molecule has 1 aliphatic heterocycles. The Morgan fingerprint density at radius 3 is 2.93 bits per heavy atom. The van der Waals surface area contributed by atoms with E-state index >= 15 is 0 Å². The van der Waals surface area contributed by atoms with E-state index in [1.807, 2.05) is 6.92 Å². The second-order valence-corrected chi connectivity index (χ2v) is 6.22. The number of rotatable bonds is 7. The SMILES string of the molecule is CCCN1C(=O)COc2ccc(C(=O)C(C)Oc3cccnc3[N+](=O)[O-])cc21. The van der Waals surface area contributed by atoms with Gasteiger partial charge in [-0.05, 0) is 53.6 Å². The minimum Gasteiger partial charge on any atom is -0.482 e. The average molecular weight is 385 g/mol. The number of carbonyl (C=O) groups is 2. The first-order valence-corrected chi connectivity index (χ1v) is 8.79. The third-order valence-corrected chi connectivity index (χ3v) is 4.23. The van der Waals surface area contributed by atoms with Crippen molar-refractivity contribution in [3.63, 3.8) is 0 Å². The summed E-state index contributed by atoms with van der Waals surface area (Å²) in [6.45, 7) is 3.93. The summed E-state index contributed by atoms with van der Waals surface area (Å²) in [5, 5.41) is 11.1. The zero-order valence-corrected chi connectivity index (χ0v) is 15.5.